The fourth-order valence-corrected chi connectivity index (χ4v) is 3.18. The van der Waals surface area contributed by atoms with E-state index in [0.29, 0.717) is 18.0 Å². The number of ether oxygens (including phenoxy) is 1. The molecule has 0 saturated heterocycles. The van der Waals surface area contributed by atoms with Gasteiger partial charge in [0.2, 0.25) is 0 Å². The molecule has 0 saturated carbocycles. The molecular weight excluding hydrogens is 338 g/mol. The Morgan fingerprint density at radius 1 is 1.15 bits per heavy atom. The van der Waals surface area contributed by atoms with Crippen molar-refractivity contribution < 1.29 is 9.53 Å². The van der Waals surface area contributed by atoms with Crippen LogP contribution in [-0.4, -0.2) is 29.1 Å². The zero-order chi connectivity index (χ0) is 19.2. The van der Waals surface area contributed by atoms with Crippen molar-refractivity contribution in [1.82, 2.24) is 14.9 Å². The van der Waals surface area contributed by atoms with Gasteiger partial charge in [0.1, 0.15) is 11.6 Å². The molecule has 0 radical (unpaired) electrons. The molecule has 1 aromatic heterocycles. The van der Waals surface area contributed by atoms with Crippen LogP contribution in [0, 0.1) is 5.92 Å². The van der Waals surface area contributed by atoms with E-state index >= 15 is 0 Å². The molecule has 3 rings (SSSR count). The van der Waals surface area contributed by atoms with Crippen molar-refractivity contribution in [3.05, 3.63) is 59.9 Å². The quantitative estimate of drug-likeness (QED) is 0.612. The third kappa shape index (κ3) is 4.67. The third-order valence-corrected chi connectivity index (χ3v) is 4.50. The molecule has 0 bridgehead atoms. The van der Waals surface area contributed by atoms with Gasteiger partial charge in [-0.05, 0) is 48.7 Å². The van der Waals surface area contributed by atoms with Crippen molar-refractivity contribution in [2.45, 2.75) is 33.2 Å². The Kier molecular flexibility index (Phi) is 6.12. The Morgan fingerprint density at radius 2 is 1.89 bits per heavy atom. The number of benzene rings is 2. The molecule has 27 heavy (non-hydrogen) atoms. The van der Waals surface area contributed by atoms with Gasteiger partial charge in [0, 0.05) is 25.1 Å². The summed E-state index contributed by atoms with van der Waals surface area (Å²) in [6.07, 6.45) is 1.69. The Hall–Kier alpha value is -2.82. The van der Waals surface area contributed by atoms with Crippen LogP contribution < -0.4 is 10.1 Å². The number of nitrogens with zero attached hydrogens (tertiary/aromatic N) is 2. The van der Waals surface area contributed by atoms with Crippen molar-refractivity contribution in [2.75, 3.05) is 13.7 Å². The lowest BCUT2D eigenvalue weighted by atomic mass is 10.2. The summed E-state index contributed by atoms with van der Waals surface area (Å²) in [5.41, 5.74) is 2.86. The number of hydrogen-bond acceptors (Lipinski definition) is 3. The fraction of sp³-hybridized carbons (Fsp3) is 0.364. The van der Waals surface area contributed by atoms with Crippen LogP contribution in [0.4, 0.5) is 0 Å². The largest absolute Gasteiger partial charge is 0.497 e. The Morgan fingerprint density at radius 3 is 2.59 bits per heavy atom. The minimum absolute atomic E-state index is 0.0617. The summed E-state index contributed by atoms with van der Waals surface area (Å²) in [6, 6.07) is 15.4. The number of aromatic nitrogens is 2. The first-order valence-electron chi connectivity index (χ1n) is 9.45. The normalized spacial score (nSPS) is 11.1. The van der Waals surface area contributed by atoms with E-state index in [-0.39, 0.29) is 5.91 Å². The highest BCUT2D eigenvalue weighted by molar-refractivity contribution is 5.94. The monoisotopic (exact) mass is 365 g/mol. The summed E-state index contributed by atoms with van der Waals surface area (Å²) < 4.78 is 7.43. The molecule has 0 aliphatic rings. The summed E-state index contributed by atoms with van der Waals surface area (Å²) in [5.74, 6) is 2.32. The van der Waals surface area contributed by atoms with Crippen molar-refractivity contribution >= 4 is 16.9 Å². The van der Waals surface area contributed by atoms with E-state index in [2.05, 4.69) is 41.9 Å². The summed E-state index contributed by atoms with van der Waals surface area (Å²) >= 11 is 0. The second-order valence-electron chi connectivity index (χ2n) is 7.11. The van der Waals surface area contributed by atoms with Crippen LogP contribution >= 0.6 is 0 Å². The highest BCUT2D eigenvalue weighted by Crippen LogP contribution is 2.19. The van der Waals surface area contributed by atoms with E-state index < -0.39 is 0 Å². The molecule has 5 heteroatoms. The molecule has 2 aromatic carbocycles. The number of imidazole rings is 1. The number of para-hydroxylation sites is 2. The average molecular weight is 365 g/mol. The molecule has 0 atom stereocenters. The van der Waals surface area contributed by atoms with Crippen LogP contribution in [0.1, 0.15) is 36.5 Å². The maximum Gasteiger partial charge on any atom is 0.251 e. The lowest BCUT2D eigenvalue weighted by Crippen LogP contribution is -2.25. The first-order chi connectivity index (χ1) is 13.1. The SMILES string of the molecule is COc1ccc(C(=O)NCCCc2nc3ccccc3n2CC(C)C)cc1. The molecule has 0 fully saturated rings. The van der Waals surface area contributed by atoms with Gasteiger partial charge < -0.3 is 14.6 Å². The molecule has 0 spiro atoms. The number of carbonyl (C=O) groups excluding carboxylic acids is 1. The number of amides is 1. The minimum Gasteiger partial charge on any atom is -0.497 e. The first-order valence-corrected chi connectivity index (χ1v) is 9.45. The van der Waals surface area contributed by atoms with Crippen LogP contribution in [0.15, 0.2) is 48.5 Å². The summed E-state index contributed by atoms with van der Waals surface area (Å²) in [5, 5.41) is 2.98. The van der Waals surface area contributed by atoms with Crippen LogP contribution in [0.2, 0.25) is 0 Å². The number of fused-ring (bicyclic) bond motifs is 1. The standard InChI is InChI=1S/C22H27N3O2/c1-16(2)15-25-20-8-5-4-7-19(20)24-21(25)9-6-14-23-22(26)17-10-12-18(27-3)13-11-17/h4-5,7-8,10-13,16H,6,9,14-15H2,1-3H3,(H,23,26). The van der Waals surface area contributed by atoms with Gasteiger partial charge in [-0.25, -0.2) is 4.98 Å². The summed E-state index contributed by atoms with van der Waals surface area (Å²) in [7, 11) is 1.61. The van der Waals surface area contributed by atoms with E-state index in [1.54, 1.807) is 31.4 Å². The van der Waals surface area contributed by atoms with Crippen LogP contribution in [0.3, 0.4) is 0 Å². The fourth-order valence-electron chi connectivity index (χ4n) is 3.18. The molecule has 142 valence electrons. The minimum atomic E-state index is -0.0617. The van der Waals surface area contributed by atoms with Gasteiger partial charge in [0.15, 0.2) is 0 Å². The predicted molar refractivity (Wildman–Crippen MR) is 108 cm³/mol. The van der Waals surface area contributed by atoms with Crippen molar-refractivity contribution in [3.8, 4) is 5.75 Å². The van der Waals surface area contributed by atoms with Gasteiger partial charge in [0.25, 0.3) is 5.91 Å². The molecule has 1 amide bonds. The number of aryl methyl sites for hydroxylation is 1. The predicted octanol–water partition coefficient (Wildman–Crippen LogP) is 4.06. The highest BCUT2D eigenvalue weighted by Gasteiger charge is 2.12. The van der Waals surface area contributed by atoms with E-state index in [9.17, 15) is 4.79 Å². The van der Waals surface area contributed by atoms with Gasteiger partial charge in [-0.3, -0.25) is 4.79 Å². The highest BCUT2D eigenvalue weighted by atomic mass is 16.5. The van der Waals surface area contributed by atoms with Crippen molar-refractivity contribution in [3.63, 3.8) is 0 Å². The zero-order valence-electron chi connectivity index (χ0n) is 16.2. The van der Waals surface area contributed by atoms with E-state index in [1.165, 1.54) is 5.52 Å². The number of rotatable bonds is 8. The summed E-state index contributed by atoms with van der Waals surface area (Å²) in [4.78, 5) is 17.0. The Balaban J connectivity index is 1.59. The summed E-state index contributed by atoms with van der Waals surface area (Å²) in [6.45, 7) is 6.01. The van der Waals surface area contributed by atoms with E-state index in [4.69, 9.17) is 9.72 Å². The molecule has 0 unspecified atom stereocenters. The average Bonchev–Trinajstić information content (AvgIpc) is 3.02. The topological polar surface area (TPSA) is 56.1 Å². The molecule has 3 aromatic rings. The maximum absolute atomic E-state index is 12.2. The van der Waals surface area contributed by atoms with Crippen molar-refractivity contribution in [2.24, 2.45) is 5.92 Å². The molecule has 1 N–H and O–H groups in total. The molecule has 0 aliphatic carbocycles. The smallest absolute Gasteiger partial charge is 0.251 e. The van der Waals surface area contributed by atoms with Crippen LogP contribution in [0.5, 0.6) is 5.75 Å². The lowest BCUT2D eigenvalue weighted by molar-refractivity contribution is 0.0953. The van der Waals surface area contributed by atoms with Crippen molar-refractivity contribution in [1.29, 1.82) is 0 Å². The molecular formula is C22H27N3O2. The Labute approximate surface area is 160 Å². The van der Waals surface area contributed by atoms with E-state index in [0.717, 1.165) is 36.5 Å². The lowest BCUT2D eigenvalue weighted by Gasteiger charge is -2.12. The number of methoxy groups -OCH3 is 1. The van der Waals surface area contributed by atoms with Crippen LogP contribution in [-0.2, 0) is 13.0 Å². The second kappa shape index (κ2) is 8.71. The number of hydrogen-bond donors (Lipinski definition) is 1. The number of nitrogens with one attached hydrogen (secondary N) is 1. The maximum atomic E-state index is 12.2. The second-order valence-corrected chi connectivity index (χ2v) is 7.11. The van der Waals surface area contributed by atoms with E-state index in [1.807, 2.05) is 6.07 Å². The molecule has 1 heterocycles. The van der Waals surface area contributed by atoms with Gasteiger partial charge >= 0.3 is 0 Å². The van der Waals surface area contributed by atoms with Gasteiger partial charge in [-0.2, -0.15) is 0 Å². The zero-order valence-corrected chi connectivity index (χ0v) is 16.2. The number of carbonyl (C=O) groups is 1. The van der Waals surface area contributed by atoms with Gasteiger partial charge in [-0.15, -0.1) is 0 Å². The molecule has 5 nitrogen and oxygen atoms in total. The van der Waals surface area contributed by atoms with Gasteiger partial charge in [-0.1, -0.05) is 26.0 Å². The van der Waals surface area contributed by atoms with Gasteiger partial charge in [0.05, 0.1) is 18.1 Å². The van der Waals surface area contributed by atoms with Crippen LogP contribution in [0.25, 0.3) is 11.0 Å². The first kappa shape index (κ1) is 19.0. The Bertz CT molecular complexity index is 898. The third-order valence-electron chi connectivity index (χ3n) is 4.50. The molecule has 0 aliphatic heterocycles.